The largest absolute Gasteiger partial charge is 0.228 e. The van der Waals surface area contributed by atoms with E-state index in [-0.39, 0.29) is 11.8 Å². The monoisotopic (exact) mass is 283 g/mol. The molecule has 3 heteroatoms. The van der Waals surface area contributed by atoms with Crippen LogP contribution in [-0.4, -0.2) is 13.2 Å². The number of rotatable bonds is 3. The average molecular weight is 283 g/mol. The summed E-state index contributed by atoms with van der Waals surface area (Å²) in [7, 11) is -3.66. The van der Waals surface area contributed by atoms with Gasteiger partial charge in [0, 0.05) is 0 Å². The van der Waals surface area contributed by atoms with Gasteiger partial charge in [-0.15, -0.1) is 0 Å². The fourth-order valence-electron chi connectivity index (χ4n) is 1.83. The molecule has 0 spiro atoms. The summed E-state index contributed by atoms with van der Waals surface area (Å²) in [4.78, 5) is 0. The van der Waals surface area contributed by atoms with Gasteiger partial charge in [0.2, 0.25) is 0 Å². The Hall–Kier alpha value is -0.830. The predicted molar refractivity (Wildman–Crippen MR) is 81.9 cm³/mol. The van der Waals surface area contributed by atoms with E-state index in [1.165, 1.54) is 0 Å². The van der Waals surface area contributed by atoms with E-state index in [2.05, 4.69) is 0 Å². The Bertz CT molecular complexity index is 550. The molecule has 1 atom stereocenters. The van der Waals surface area contributed by atoms with Gasteiger partial charge in [-0.1, -0.05) is 51.1 Å². The average Bonchev–Trinajstić information content (AvgIpc) is 2.26. The lowest BCUT2D eigenvalue weighted by atomic mass is 9.88. The van der Waals surface area contributed by atoms with Gasteiger partial charge in [-0.2, -0.15) is 0 Å². The van der Waals surface area contributed by atoms with Crippen LogP contribution in [0, 0.1) is 5.41 Å². The molecule has 0 unspecified atom stereocenters. The highest BCUT2D eigenvalue weighted by Gasteiger charge is 2.39. The van der Waals surface area contributed by atoms with Crippen molar-refractivity contribution < 1.29 is 9.79 Å². The summed E-state index contributed by atoms with van der Waals surface area (Å²) in [6.45, 7) is 10.9. The minimum Gasteiger partial charge on any atom is -0.228 e. The Kier molecular flexibility index (Phi) is 4.05. The van der Waals surface area contributed by atoms with Crippen LogP contribution in [0.15, 0.2) is 30.3 Å². The highest BCUT2D eigenvalue weighted by Crippen LogP contribution is 2.39. The zero-order chi connectivity index (χ0) is 15.8. The maximum absolute atomic E-state index is 13.0. The topological polar surface area (TPSA) is 34.1 Å². The van der Waals surface area contributed by atoms with Crippen LogP contribution in [-0.2, 0) is 9.84 Å². The summed E-state index contributed by atoms with van der Waals surface area (Å²) in [5.41, 5.74) is 0.292. The number of benzene rings is 1. The normalized spacial score (nSPS) is 17.7. The molecule has 0 aliphatic heterocycles. The molecular weight excluding hydrogens is 256 g/mol. The number of hydrogen-bond donors (Lipinski definition) is 0. The highest BCUT2D eigenvalue weighted by atomic mass is 32.2. The van der Waals surface area contributed by atoms with Crippen LogP contribution in [0.2, 0.25) is 0 Å². The van der Waals surface area contributed by atoms with Gasteiger partial charge in [0.05, 0.1) is 11.3 Å². The van der Waals surface area contributed by atoms with E-state index in [0.717, 1.165) is 0 Å². The maximum atomic E-state index is 13.0. The van der Waals surface area contributed by atoms with E-state index in [4.69, 9.17) is 1.37 Å². The Balaban J connectivity index is 3.53. The molecular formula is C16H26O2S. The SMILES string of the molecule is [2H][C@@](CC(C)(C)C)(c1ccccc1)S(=O)(=O)C(C)(C)C. The lowest BCUT2D eigenvalue weighted by Gasteiger charge is -2.31. The van der Waals surface area contributed by atoms with E-state index in [0.29, 0.717) is 5.56 Å². The Morgan fingerprint density at radius 2 is 1.53 bits per heavy atom. The standard InChI is InChI=1S/C16H26O2S/c1-15(2,3)12-14(13-10-8-7-9-11-13)19(17,18)16(4,5)6/h7-11,14H,12H2,1-6H3/t14-/m1/s1/i14D. The van der Waals surface area contributed by atoms with Crippen molar-refractivity contribution in [3.8, 4) is 0 Å². The summed E-state index contributed by atoms with van der Waals surface area (Å²) in [5.74, 6) is 0. The first-order valence-electron chi connectivity index (χ1n) is 7.11. The third kappa shape index (κ3) is 4.07. The van der Waals surface area contributed by atoms with Gasteiger partial charge in [0.15, 0.2) is 9.84 Å². The molecule has 0 bridgehead atoms. The van der Waals surface area contributed by atoms with Gasteiger partial charge in [-0.25, -0.2) is 8.42 Å². The smallest absolute Gasteiger partial charge is 0.162 e. The van der Waals surface area contributed by atoms with E-state index >= 15 is 0 Å². The summed E-state index contributed by atoms with van der Waals surface area (Å²) >= 11 is 0. The van der Waals surface area contributed by atoms with Crippen molar-refractivity contribution in [1.29, 1.82) is 0 Å². The molecule has 0 amide bonds. The van der Waals surface area contributed by atoms with E-state index in [1.807, 2.05) is 26.8 Å². The quantitative estimate of drug-likeness (QED) is 0.825. The molecule has 0 radical (unpaired) electrons. The van der Waals surface area contributed by atoms with Gasteiger partial charge in [-0.3, -0.25) is 0 Å². The predicted octanol–water partition coefficient (Wildman–Crippen LogP) is 4.38. The molecule has 1 aromatic carbocycles. The van der Waals surface area contributed by atoms with Crippen LogP contribution in [0.25, 0.3) is 0 Å². The molecule has 108 valence electrons. The van der Waals surface area contributed by atoms with Crippen molar-refractivity contribution >= 4 is 9.84 Å². The zero-order valence-corrected chi connectivity index (χ0v) is 13.6. The lowest BCUT2D eigenvalue weighted by molar-refractivity contribution is 0.365. The second-order valence-electron chi connectivity index (χ2n) is 7.14. The van der Waals surface area contributed by atoms with E-state index in [9.17, 15) is 8.42 Å². The third-order valence-electron chi connectivity index (χ3n) is 2.92. The van der Waals surface area contributed by atoms with Gasteiger partial charge in [-0.05, 0) is 38.2 Å². The summed E-state index contributed by atoms with van der Waals surface area (Å²) in [6, 6.07) is 8.90. The Morgan fingerprint density at radius 3 is 1.89 bits per heavy atom. The van der Waals surface area contributed by atoms with Crippen LogP contribution in [0.4, 0.5) is 0 Å². The molecule has 19 heavy (non-hydrogen) atoms. The van der Waals surface area contributed by atoms with Crippen LogP contribution in [0.3, 0.4) is 0 Å². The third-order valence-corrected chi connectivity index (χ3v) is 5.56. The van der Waals surface area contributed by atoms with Crippen LogP contribution in [0.1, 0.15) is 60.1 Å². The van der Waals surface area contributed by atoms with Gasteiger partial charge in [0.1, 0.15) is 0 Å². The van der Waals surface area contributed by atoms with E-state index < -0.39 is 19.8 Å². The molecule has 0 aliphatic carbocycles. The number of hydrogen-bond acceptors (Lipinski definition) is 2. The molecule has 0 aliphatic rings. The first kappa shape index (κ1) is 14.6. The fourth-order valence-corrected chi connectivity index (χ4v) is 3.64. The molecule has 0 saturated carbocycles. The van der Waals surface area contributed by atoms with Crippen molar-refractivity contribution in [2.75, 3.05) is 0 Å². The molecule has 0 aromatic heterocycles. The van der Waals surface area contributed by atoms with Crippen molar-refractivity contribution in [2.45, 2.75) is 57.9 Å². The minimum atomic E-state index is -3.66. The Labute approximate surface area is 119 Å². The lowest BCUT2D eigenvalue weighted by Crippen LogP contribution is -2.34. The molecule has 0 N–H and O–H groups in total. The zero-order valence-electron chi connectivity index (χ0n) is 13.8. The Morgan fingerprint density at radius 1 is 1.05 bits per heavy atom. The van der Waals surface area contributed by atoms with Crippen molar-refractivity contribution in [3.05, 3.63) is 35.9 Å². The van der Waals surface area contributed by atoms with Crippen molar-refractivity contribution in [1.82, 2.24) is 0 Å². The second-order valence-corrected chi connectivity index (χ2v) is 9.87. The van der Waals surface area contributed by atoms with E-state index in [1.54, 1.807) is 45.0 Å². The van der Waals surface area contributed by atoms with Gasteiger partial charge >= 0.3 is 0 Å². The molecule has 2 nitrogen and oxygen atoms in total. The summed E-state index contributed by atoms with van der Waals surface area (Å²) in [6.07, 6.45) is 0.267. The second kappa shape index (κ2) is 5.28. The van der Waals surface area contributed by atoms with Crippen LogP contribution in [0.5, 0.6) is 0 Å². The minimum absolute atomic E-state index is 0.254. The van der Waals surface area contributed by atoms with Gasteiger partial charge < -0.3 is 0 Å². The summed E-state index contributed by atoms with van der Waals surface area (Å²) in [5, 5.41) is -1.62. The van der Waals surface area contributed by atoms with Crippen molar-refractivity contribution in [2.24, 2.45) is 5.41 Å². The molecule has 0 saturated heterocycles. The molecule has 1 aromatic rings. The maximum Gasteiger partial charge on any atom is 0.162 e. The molecule has 1 rings (SSSR count). The fraction of sp³-hybridized carbons (Fsp3) is 0.625. The first-order valence-corrected chi connectivity index (χ1v) is 8.09. The summed E-state index contributed by atoms with van der Waals surface area (Å²) < 4.78 is 33.8. The van der Waals surface area contributed by atoms with Gasteiger partial charge in [0.25, 0.3) is 0 Å². The number of sulfone groups is 1. The van der Waals surface area contributed by atoms with Crippen LogP contribution >= 0.6 is 0 Å². The highest BCUT2D eigenvalue weighted by molar-refractivity contribution is 7.93. The first-order chi connectivity index (χ1) is 8.81. The molecule has 0 heterocycles. The molecule has 0 fully saturated rings. The van der Waals surface area contributed by atoms with Crippen molar-refractivity contribution in [3.63, 3.8) is 0 Å². The van der Waals surface area contributed by atoms with Crippen LogP contribution < -0.4 is 0 Å².